The highest BCUT2D eigenvalue weighted by molar-refractivity contribution is 6.78. The van der Waals surface area contributed by atoms with Crippen LogP contribution in [-0.2, 0) is 4.79 Å². The summed E-state index contributed by atoms with van der Waals surface area (Å²) in [7, 11) is 1.79. The minimum atomic E-state index is 0.208. The van der Waals surface area contributed by atoms with Gasteiger partial charge in [0.15, 0.2) is 0 Å². The molecule has 2 heteroatoms. The van der Waals surface area contributed by atoms with Crippen molar-refractivity contribution in [2.45, 2.75) is 19.2 Å². The third kappa shape index (κ3) is 2.14. The Labute approximate surface area is 85.1 Å². The molecule has 1 aromatic rings. The average Bonchev–Trinajstić information content (AvgIpc) is 2.23. The lowest BCUT2D eigenvalue weighted by atomic mass is 9.61. The Morgan fingerprint density at radius 1 is 1.21 bits per heavy atom. The van der Waals surface area contributed by atoms with Crippen molar-refractivity contribution in [3.8, 4) is 0 Å². The second kappa shape index (κ2) is 4.27. The summed E-state index contributed by atoms with van der Waals surface area (Å²) in [5.41, 5.74) is 2.27. The molecule has 1 radical (unpaired) electrons. The van der Waals surface area contributed by atoms with Gasteiger partial charge in [-0.25, -0.2) is 0 Å². The van der Waals surface area contributed by atoms with Crippen LogP contribution in [0.5, 0.6) is 0 Å². The predicted molar refractivity (Wildman–Crippen MR) is 59.2 cm³/mol. The number of carbonyl (C=O) groups is 1. The zero-order valence-electron chi connectivity index (χ0n) is 8.07. The number of benzene rings is 1. The zero-order valence-corrected chi connectivity index (χ0v) is 8.07. The number of rotatable bonds is 1. The molecule has 0 saturated carbocycles. The normalized spacial score (nSPS) is 19.4. The highest BCUT2D eigenvalue weighted by atomic mass is 16.1. The molecule has 1 aliphatic heterocycles. The SMILES string of the molecule is O=C1[B]CCC/C1=C/c1ccccc1. The highest BCUT2D eigenvalue weighted by Crippen LogP contribution is 2.18. The van der Waals surface area contributed by atoms with Gasteiger partial charge < -0.3 is 4.79 Å². The van der Waals surface area contributed by atoms with E-state index in [1.54, 1.807) is 7.28 Å². The Morgan fingerprint density at radius 3 is 2.71 bits per heavy atom. The van der Waals surface area contributed by atoms with Crippen molar-refractivity contribution in [1.29, 1.82) is 0 Å². The van der Waals surface area contributed by atoms with E-state index in [2.05, 4.69) is 0 Å². The van der Waals surface area contributed by atoms with Crippen molar-refractivity contribution in [2.24, 2.45) is 0 Å². The predicted octanol–water partition coefficient (Wildman–Crippen LogP) is 2.51. The molecule has 1 aliphatic rings. The molecular weight excluding hydrogens is 171 g/mol. The van der Waals surface area contributed by atoms with Gasteiger partial charge in [0.2, 0.25) is 7.28 Å². The summed E-state index contributed by atoms with van der Waals surface area (Å²) in [6.07, 6.45) is 4.96. The van der Waals surface area contributed by atoms with E-state index in [0.29, 0.717) is 0 Å². The molecule has 0 bridgehead atoms. The summed E-state index contributed by atoms with van der Waals surface area (Å²) in [5.74, 6) is 0. The van der Waals surface area contributed by atoms with E-state index in [-0.39, 0.29) is 5.68 Å². The Kier molecular flexibility index (Phi) is 2.83. The second-order valence-electron chi connectivity index (χ2n) is 3.54. The van der Waals surface area contributed by atoms with Crippen LogP contribution in [0.4, 0.5) is 0 Å². The maximum Gasteiger partial charge on any atom is 0.208 e. The van der Waals surface area contributed by atoms with Crippen molar-refractivity contribution < 1.29 is 4.79 Å². The standard InChI is InChI=1S/C12H12BO/c14-12-11(7-4-8-13-12)9-10-5-2-1-3-6-10/h1-3,5-6,9H,4,7-8H2/b11-9-. The molecule has 0 atom stereocenters. The molecule has 0 aliphatic carbocycles. The minimum Gasteiger partial charge on any atom is -0.307 e. The third-order valence-corrected chi connectivity index (χ3v) is 2.44. The smallest absolute Gasteiger partial charge is 0.208 e. The fraction of sp³-hybridized carbons (Fsp3) is 0.250. The highest BCUT2D eigenvalue weighted by Gasteiger charge is 2.15. The van der Waals surface area contributed by atoms with Crippen molar-refractivity contribution in [1.82, 2.24) is 0 Å². The van der Waals surface area contributed by atoms with Crippen LogP contribution in [0.3, 0.4) is 0 Å². The fourth-order valence-corrected chi connectivity index (χ4v) is 1.67. The average molecular weight is 183 g/mol. The van der Waals surface area contributed by atoms with Crippen molar-refractivity contribution in [3.63, 3.8) is 0 Å². The number of carbonyl (C=O) groups excluding carboxylic acids is 1. The van der Waals surface area contributed by atoms with Crippen LogP contribution in [0.2, 0.25) is 6.32 Å². The van der Waals surface area contributed by atoms with Gasteiger partial charge in [0.1, 0.15) is 5.68 Å². The molecule has 2 rings (SSSR count). The molecule has 0 N–H and O–H groups in total. The Balaban J connectivity index is 2.21. The van der Waals surface area contributed by atoms with Crippen LogP contribution >= 0.6 is 0 Å². The van der Waals surface area contributed by atoms with Gasteiger partial charge in [-0.2, -0.15) is 0 Å². The lowest BCUT2D eigenvalue weighted by Crippen LogP contribution is -2.16. The van der Waals surface area contributed by atoms with E-state index in [0.717, 1.165) is 30.3 Å². The van der Waals surface area contributed by atoms with Crippen molar-refractivity contribution in [2.75, 3.05) is 0 Å². The monoisotopic (exact) mass is 183 g/mol. The Hall–Kier alpha value is -1.31. The number of allylic oxidation sites excluding steroid dienone is 1. The first-order chi connectivity index (χ1) is 6.86. The van der Waals surface area contributed by atoms with Gasteiger partial charge in [0.25, 0.3) is 0 Å². The van der Waals surface area contributed by atoms with E-state index in [1.807, 2.05) is 36.4 Å². The van der Waals surface area contributed by atoms with E-state index in [1.165, 1.54) is 0 Å². The molecule has 0 unspecified atom stereocenters. The van der Waals surface area contributed by atoms with Gasteiger partial charge in [-0.15, -0.1) is 0 Å². The van der Waals surface area contributed by atoms with Gasteiger partial charge in [-0.05, 0) is 23.6 Å². The van der Waals surface area contributed by atoms with E-state index < -0.39 is 0 Å². The van der Waals surface area contributed by atoms with Crippen molar-refractivity contribution >= 4 is 19.0 Å². The minimum absolute atomic E-state index is 0.208. The van der Waals surface area contributed by atoms with Crippen LogP contribution in [0.1, 0.15) is 18.4 Å². The molecule has 0 aromatic heterocycles. The van der Waals surface area contributed by atoms with E-state index in [4.69, 9.17) is 0 Å². The lowest BCUT2D eigenvalue weighted by Gasteiger charge is -2.11. The van der Waals surface area contributed by atoms with Crippen LogP contribution in [-0.4, -0.2) is 13.0 Å². The third-order valence-electron chi connectivity index (χ3n) is 2.44. The summed E-state index contributed by atoms with van der Waals surface area (Å²) in [5, 5.41) is 0. The van der Waals surface area contributed by atoms with Crippen LogP contribution in [0, 0.1) is 0 Å². The van der Waals surface area contributed by atoms with Gasteiger partial charge >= 0.3 is 0 Å². The van der Waals surface area contributed by atoms with Gasteiger partial charge in [0, 0.05) is 0 Å². The van der Waals surface area contributed by atoms with Gasteiger partial charge in [-0.3, -0.25) is 0 Å². The van der Waals surface area contributed by atoms with Crippen LogP contribution in [0.15, 0.2) is 35.9 Å². The first-order valence-corrected chi connectivity index (χ1v) is 4.99. The Morgan fingerprint density at radius 2 is 2.00 bits per heavy atom. The number of hydrogen-bond acceptors (Lipinski definition) is 1. The van der Waals surface area contributed by atoms with E-state index in [9.17, 15) is 4.79 Å². The van der Waals surface area contributed by atoms with Crippen LogP contribution in [0.25, 0.3) is 6.08 Å². The molecular formula is C12H12BO. The summed E-state index contributed by atoms with van der Waals surface area (Å²) in [6, 6.07) is 10.0. The molecule has 69 valence electrons. The first kappa shape index (κ1) is 9.26. The van der Waals surface area contributed by atoms with Gasteiger partial charge in [-0.1, -0.05) is 43.1 Å². The first-order valence-electron chi connectivity index (χ1n) is 4.99. The lowest BCUT2D eigenvalue weighted by molar-refractivity contribution is -0.109. The van der Waals surface area contributed by atoms with Crippen molar-refractivity contribution in [3.05, 3.63) is 41.5 Å². The van der Waals surface area contributed by atoms with E-state index >= 15 is 0 Å². The summed E-state index contributed by atoms with van der Waals surface area (Å²) in [6.45, 7) is 0. The summed E-state index contributed by atoms with van der Waals surface area (Å²) < 4.78 is 0. The second-order valence-corrected chi connectivity index (χ2v) is 3.54. The summed E-state index contributed by atoms with van der Waals surface area (Å²) in [4.78, 5) is 11.5. The fourth-order valence-electron chi connectivity index (χ4n) is 1.67. The van der Waals surface area contributed by atoms with Crippen LogP contribution < -0.4 is 0 Å². The molecule has 0 amide bonds. The topological polar surface area (TPSA) is 17.1 Å². The molecule has 1 nitrogen and oxygen atoms in total. The van der Waals surface area contributed by atoms with Gasteiger partial charge in [0.05, 0.1) is 0 Å². The molecule has 14 heavy (non-hydrogen) atoms. The Bertz CT molecular complexity index is 354. The molecule has 1 saturated heterocycles. The molecule has 1 fully saturated rings. The zero-order chi connectivity index (χ0) is 9.80. The maximum atomic E-state index is 11.5. The maximum absolute atomic E-state index is 11.5. The molecule has 0 spiro atoms. The largest absolute Gasteiger partial charge is 0.307 e. The quantitative estimate of drug-likeness (QED) is 0.482. The summed E-state index contributed by atoms with van der Waals surface area (Å²) >= 11 is 0. The molecule has 1 aromatic carbocycles. The number of hydrogen-bond donors (Lipinski definition) is 0. The molecule has 1 heterocycles.